The Balaban J connectivity index is 2.22. The maximum absolute atomic E-state index is 10.6. The zero-order valence-electron chi connectivity index (χ0n) is 6.53. The molecule has 0 saturated carbocycles. The molecule has 0 N–H and O–H groups in total. The summed E-state index contributed by atoms with van der Waals surface area (Å²) in [7, 11) is 0. The molecule has 1 aliphatic heterocycles. The van der Waals surface area contributed by atoms with E-state index in [2.05, 4.69) is 0 Å². The van der Waals surface area contributed by atoms with Gasteiger partial charge in [-0.05, 0) is 12.2 Å². The van der Waals surface area contributed by atoms with Crippen molar-refractivity contribution in [2.75, 3.05) is 13.2 Å². The van der Waals surface area contributed by atoms with Crippen LogP contribution in [0.25, 0.3) is 0 Å². The normalized spacial score (nSPS) is 22.2. The minimum absolute atomic E-state index is 0.0601. The summed E-state index contributed by atoms with van der Waals surface area (Å²) in [6.07, 6.45) is 2.85. The van der Waals surface area contributed by atoms with Gasteiger partial charge in [0.1, 0.15) is 6.61 Å². The quantitative estimate of drug-likeness (QED) is 0.571. The SMILES string of the molecule is N#CCCOC1C=CC(=O)CO1. The van der Waals surface area contributed by atoms with Crippen molar-refractivity contribution >= 4 is 5.78 Å². The molecule has 4 heteroatoms. The molecule has 0 radical (unpaired) electrons. The van der Waals surface area contributed by atoms with E-state index in [1.165, 1.54) is 6.08 Å². The monoisotopic (exact) mass is 167 g/mol. The van der Waals surface area contributed by atoms with E-state index in [1.54, 1.807) is 6.08 Å². The van der Waals surface area contributed by atoms with E-state index in [0.717, 1.165) is 0 Å². The first-order valence-corrected chi connectivity index (χ1v) is 3.64. The van der Waals surface area contributed by atoms with Crippen LogP contribution in [0.3, 0.4) is 0 Å². The van der Waals surface area contributed by atoms with E-state index in [1.807, 2.05) is 6.07 Å². The van der Waals surface area contributed by atoms with Crippen LogP contribution in [0.1, 0.15) is 6.42 Å². The molecule has 1 unspecified atom stereocenters. The molecule has 1 atom stereocenters. The number of carbonyl (C=O) groups excluding carboxylic acids is 1. The summed E-state index contributed by atoms with van der Waals surface area (Å²) in [4.78, 5) is 10.6. The highest BCUT2D eigenvalue weighted by Crippen LogP contribution is 2.03. The summed E-state index contributed by atoms with van der Waals surface area (Å²) in [5, 5.41) is 8.19. The summed E-state index contributed by atoms with van der Waals surface area (Å²) >= 11 is 0. The molecule has 1 rings (SSSR count). The largest absolute Gasteiger partial charge is 0.348 e. The van der Waals surface area contributed by atoms with Gasteiger partial charge >= 0.3 is 0 Å². The third kappa shape index (κ3) is 2.82. The van der Waals surface area contributed by atoms with Crippen LogP contribution in [0.5, 0.6) is 0 Å². The Morgan fingerprint density at radius 1 is 1.83 bits per heavy atom. The zero-order valence-corrected chi connectivity index (χ0v) is 6.53. The van der Waals surface area contributed by atoms with Crippen LogP contribution in [0.15, 0.2) is 12.2 Å². The second-order valence-electron chi connectivity index (χ2n) is 2.28. The van der Waals surface area contributed by atoms with Gasteiger partial charge in [0.2, 0.25) is 0 Å². The molecule has 0 amide bonds. The summed E-state index contributed by atoms with van der Waals surface area (Å²) in [5.74, 6) is -0.0601. The van der Waals surface area contributed by atoms with E-state index in [-0.39, 0.29) is 12.4 Å². The maximum atomic E-state index is 10.6. The number of carbonyl (C=O) groups is 1. The highest BCUT2D eigenvalue weighted by atomic mass is 16.7. The van der Waals surface area contributed by atoms with E-state index < -0.39 is 6.29 Å². The highest BCUT2D eigenvalue weighted by molar-refractivity contribution is 5.91. The average molecular weight is 167 g/mol. The van der Waals surface area contributed by atoms with Crippen LogP contribution in [0, 0.1) is 11.3 Å². The van der Waals surface area contributed by atoms with E-state index in [9.17, 15) is 4.79 Å². The van der Waals surface area contributed by atoms with Crippen molar-refractivity contribution in [3.05, 3.63) is 12.2 Å². The third-order valence-corrected chi connectivity index (χ3v) is 1.33. The Labute approximate surface area is 70.4 Å². The number of nitrogens with zero attached hydrogens (tertiary/aromatic N) is 1. The van der Waals surface area contributed by atoms with E-state index in [4.69, 9.17) is 14.7 Å². The minimum Gasteiger partial charge on any atom is -0.348 e. The second-order valence-corrected chi connectivity index (χ2v) is 2.28. The Morgan fingerprint density at radius 2 is 2.67 bits per heavy atom. The predicted molar refractivity (Wildman–Crippen MR) is 40.1 cm³/mol. The van der Waals surface area contributed by atoms with Crippen LogP contribution in [0.4, 0.5) is 0 Å². The van der Waals surface area contributed by atoms with Gasteiger partial charge in [0.25, 0.3) is 0 Å². The van der Waals surface area contributed by atoms with Gasteiger partial charge in [-0.2, -0.15) is 5.26 Å². The lowest BCUT2D eigenvalue weighted by Crippen LogP contribution is -2.23. The summed E-state index contributed by atoms with van der Waals surface area (Å²) in [6, 6.07) is 1.94. The molecule has 64 valence electrons. The molecule has 0 saturated heterocycles. The Morgan fingerprint density at radius 3 is 3.25 bits per heavy atom. The van der Waals surface area contributed by atoms with Crippen molar-refractivity contribution in [1.82, 2.24) is 0 Å². The van der Waals surface area contributed by atoms with Gasteiger partial charge in [0, 0.05) is 0 Å². The molecule has 0 aliphatic carbocycles. The van der Waals surface area contributed by atoms with Crippen molar-refractivity contribution in [1.29, 1.82) is 5.26 Å². The molecule has 0 bridgehead atoms. The third-order valence-electron chi connectivity index (χ3n) is 1.33. The van der Waals surface area contributed by atoms with Crippen molar-refractivity contribution in [3.8, 4) is 6.07 Å². The molecule has 0 aromatic rings. The second kappa shape index (κ2) is 4.65. The average Bonchev–Trinajstić information content (AvgIpc) is 2.09. The first kappa shape index (κ1) is 8.91. The first-order valence-electron chi connectivity index (χ1n) is 3.64. The van der Waals surface area contributed by atoms with Gasteiger partial charge in [-0.1, -0.05) is 0 Å². The van der Waals surface area contributed by atoms with Gasteiger partial charge in [-0.15, -0.1) is 0 Å². The predicted octanol–water partition coefficient (Wildman–Crippen LogP) is 0.398. The fraction of sp³-hybridized carbons (Fsp3) is 0.500. The topological polar surface area (TPSA) is 59.3 Å². The summed E-state index contributed by atoms with van der Waals surface area (Å²) < 4.78 is 10.1. The van der Waals surface area contributed by atoms with Gasteiger partial charge in [0.05, 0.1) is 19.1 Å². The summed E-state index contributed by atoms with van der Waals surface area (Å²) in [6.45, 7) is 0.396. The van der Waals surface area contributed by atoms with Crippen LogP contribution in [0.2, 0.25) is 0 Å². The van der Waals surface area contributed by atoms with Crippen LogP contribution in [-0.4, -0.2) is 25.3 Å². The van der Waals surface area contributed by atoms with Crippen molar-refractivity contribution in [2.45, 2.75) is 12.7 Å². The standard InChI is InChI=1S/C8H9NO3/c9-4-1-5-11-8-3-2-7(10)6-12-8/h2-3,8H,1,5-6H2. The van der Waals surface area contributed by atoms with Gasteiger partial charge in [-0.25, -0.2) is 0 Å². The lowest BCUT2D eigenvalue weighted by Gasteiger charge is -2.16. The summed E-state index contributed by atoms with van der Waals surface area (Å²) in [5.41, 5.74) is 0. The van der Waals surface area contributed by atoms with E-state index in [0.29, 0.717) is 13.0 Å². The maximum Gasteiger partial charge on any atom is 0.181 e. The van der Waals surface area contributed by atoms with Crippen LogP contribution >= 0.6 is 0 Å². The molecule has 0 aromatic carbocycles. The molecule has 0 fully saturated rings. The molecular formula is C8H9NO3. The van der Waals surface area contributed by atoms with E-state index >= 15 is 0 Å². The van der Waals surface area contributed by atoms with Gasteiger partial charge in [-0.3, -0.25) is 4.79 Å². The smallest absolute Gasteiger partial charge is 0.181 e. The highest BCUT2D eigenvalue weighted by Gasteiger charge is 2.12. The Kier molecular flexibility index (Phi) is 3.45. The van der Waals surface area contributed by atoms with Crippen LogP contribution < -0.4 is 0 Å². The molecule has 0 aromatic heterocycles. The number of hydrogen-bond donors (Lipinski definition) is 0. The molecular weight excluding hydrogens is 158 g/mol. The number of rotatable bonds is 3. The Bertz CT molecular complexity index is 229. The molecule has 1 aliphatic rings. The number of ether oxygens (including phenoxy) is 2. The Hall–Kier alpha value is -1.18. The lowest BCUT2D eigenvalue weighted by molar-refractivity contribution is -0.141. The van der Waals surface area contributed by atoms with Gasteiger partial charge < -0.3 is 9.47 Å². The van der Waals surface area contributed by atoms with Crippen LogP contribution in [-0.2, 0) is 14.3 Å². The fourth-order valence-electron chi connectivity index (χ4n) is 0.778. The molecule has 0 spiro atoms. The zero-order chi connectivity index (χ0) is 8.81. The lowest BCUT2D eigenvalue weighted by atomic mass is 10.3. The fourth-order valence-corrected chi connectivity index (χ4v) is 0.778. The van der Waals surface area contributed by atoms with Crippen molar-refractivity contribution in [3.63, 3.8) is 0 Å². The molecule has 4 nitrogen and oxygen atoms in total. The molecule has 1 heterocycles. The minimum atomic E-state index is -0.462. The first-order chi connectivity index (χ1) is 5.83. The van der Waals surface area contributed by atoms with Gasteiger partial charge in [0.15, 0.2) is 12.1 Å². The number of nitriles is 1. The molecule has 12 heavy (non-hydrogen) atoms. The number of ketones is 1. The number of hydrogen-bond acceptors (Lipinski definition) is 4. The van der Waals surface area contributed by atoms with Crippen molar-refractivity contribution in [2.24, 2.45) is 0 Å². The van der Waals surface area contributed by atoms with Crippen molar-refractivity contribution < 1.29 is 14.3 Å².